The number of carbonyl (C=O) groups excluding carboxylic acids is 1. The average molecular weight is 230 g/mol. The Labute approximate surface area is 93.1 Å². The Morgan fingerprint density at radius 3 is 2.87 bits per heavy atom. The van der Waals surface area contributed by atoms with Gasteiger partial charge < -0.3 is 4.74 Å². The molecule has 0 saturated carbocycles. The predicted molar refractivity (Wildman–Crippen MR) is 57.1 cm³/mol. The second kappa shape index (κ2) is 5.58. The third-order valence-corrected chi connectivity index (χ3v) is 1.95. The standard InChI is InChI=1S/C10H12ClNO3/c1-3-15-12-10(13)8-6-7(11)4-5-9(8)14-2/h4-6H,3H2,1-2H3,(H,12,13). The summed E-state index contributed by atoms with van der Waals surface area (Å²) in [5.41, 5.74) is 2.62. The largest absolute Gasteiger partial charge is 0.496 e. The van der Waals surface area contributed by atoms with Crippen LogP contribution in [-0.2, 0) is 4.84 Å². The molecule has 0 unspecified atom stereocenters. The first-order valence-electron chi connectivity index (χ1n) is 4.44. The van der Waals surface area contributed by atoms with E-state index in [2.05, 4.69) is 5.48 Å². The van der Waals surface area contributed by atoms with Gasteiger partial charge in [0.25, 0.3) is 5.91 Å². The molecule has 1 N–H and O–H groups in total. The zero-order valence-electron chi connectivity index (χ0n) is 8.54. The highest BCUT2D eigenvalue weighted by Gasteiger charge is 2.12. The predicted octanol–water partition coefficient (Wildman–Crippen LogP) is 2.03. The van der Waals surface area contributed by atoms with Crippen LogP contribution in [0.25, 0.3) is 0 Å². The number of rotatable bonds is 4. The molecule has 5 heteroatoms. The minimum absolute atomic E-state index is 0.346. The van der Waals surface area contributed by atoms with E-state index >= 15 is 0 Å². The topological polar surface area (TPSA) is 47.6 Å². The van der Waals surface area contributed by atoms with Crippen LogP contribution in [0.5, 0.6) is 5.75 Å². The van der Waals surface area contributed by atoms with Crippen LogP contribution in [0.2, 0.25) is 5.02 Å². The van der Waals surface area contributed by atoms with E-state index in [0.717, 1.165) is 0 Å². The van der Waals surface area contributed by atoms with Gasteiger partial charge >= 0.3 is 0 Å². The Bertz CT molecular complexity index is 355. The summed E-state index contributed by atoms with van der Waals surface area (Å²) < 4.78 is 5.03. The van der Waals surface area contributed by atoms with Crippen molar-refractivity contribution >= 4 is 17.5 Å². The lowest BCUT2D eigenvalue weighted by Crippen LogP contribution is -2.24. The van der Waals surface area contributed by atoms with Crippen LogP contribution in [0, 0.1) is 0 Å². The Kier molecular flexibility index (Phi) is 4.39. The fraction of sp³-hybridized carbons (Fsp3) is 0.300. The van der Waals surface area contributed by atoms with E-state index < -0.39 is 0 Å². The number of ether oxygens (including phenoxy) is 1. The summed E-state index contributed by atoms with van der Waals surface area (Å²) in [7, 11) is 1.49. The monoisotopic (exact) mass is 229 g/mol. The molecule has 1 rings (SSSR count). The highest BCUT2D eigenvalue weighted by Crippen LogP contribution is 2.22. The molecule has 15 heavy (non-hydrogen) atoms. The number of benzene rings is 1. The van der Waals surface area contributed by atoms with Crippen molar-refractivity contribution in [2.45, 2.75) is 6.92 Å². The van der Waals surface area contributed by atoms with Crippen molar-refractivity contribution < 1.29 is 14.4 Å². The Morgan fingerprint density at radius 1 is 1.53 bits per heavy atom. The molecule has 0 aliphatic heterocycles. The van der Waals surface area contributed by atoms with Crippen LogP contribution in [-0.4, -0.2) is 19.6 Å². The summed E-state index contributed by atoms with van der Waals surface area (Å²) in [5.74, 6) is 0.0767. The summed E-state index contributed by atoms with van der Waals surface area (Å²) in [6.07, 6.45) is 0. The van der Waals surface area contributed by atoms with Crippen LogP contribution in [0.4, 0.5) is 0 Å². The van der Waals surface area contributed by atoms with Crippen LogP contribution in [0.15, 0.2) is 18.2 Å². The molecule has 1 amide bonds. The molecule has 0 radical (unpaired) electrons. The lowest BCUT2D eigenvalue weighted by Gasteiger charge is -2.08. The van der Waals surface area contributed by atoms with E-state index in [4.69, 9.17) is 21.2 Å². The Balaban J connectivity index is 2.90. The third kappa shape index (κ3) is 3.11. The molecule has 0 saturated heterocycles. The number of hydrogen-bond donors (Lipinski definition) is 1. The van der Waals surface area contributed by atoms with Crippen LogP contribution in [0.1, 0.15) is 17.3 Å². The second-order valence-corrected chi connectivity index (χ2v) is 3.15. The van der Waals surface area contributed by atoms with E-state index in [1.807, 2.05) is 0 Å². The molecule has 0 aliphatic carbocycles. The van der Waals surface area contributed by atoms with Crippen molar-refractivity contribution in [2.24, 2.45) is 0 Å². The number of nitrogens with one attached hydrogen (secondary N) is 1. The maximum absolute atomic E-state index is 11.6. The average Bonchev–Trinajstić information content (AvgIpc) is 2.25. The molecule has 0 heterocycles. The highest BCUT2D eigenvalue weighted by molar-refractivity contribution is 6.31. The Morgan fingerprint density at radius 2 is 2.27 bits per heavy atom. The molecule has 4 nitrogen and oxygen atoms in total. The number of halogens is 1. The first kappa shape index (κ1) is 11.8. The molecule has 0 aliphatic rings. The van der Waals surface area contributed by atoms with Gasteiger partial charge in [-0.15, -0.1) is 0 Å². The lowest BCUT2D eigenvalue weighted by atomic mass is 10.2. The molecular weight excluding hydrogens is 218 g/mol. The maximum atomic E-state index is 11.6. The van der Waals surface area contributed by atoms with Gasteiger partial charge in [-0.05, 0) is 25.1 Å². The molecular formula is C10H12ClNO3. The van der Waals surface area contributed by atoms with Gasteiger partial charge in [-0.25, -0.2) is 5.48 Å². The fourth-order valence-corrected chi connectivity index (χ4v) is 1.22. The second-order valence-electron chi connectivity index (χ2n) is 2.71. The summed E-state index contributed by atoms with van der Waals surface area (Å²) in [6, 6.07) is 4.80. The lowest BCUT2D eigenvalue weighted by molar-refractivity contribution is 0.0362. The van der Waals surface area contributed by atoms with E-state index in [9.17, 15) is 4.79 Å². The van der Waals surface area contributed by atoms with Gasteiger partial charge in [0, 0.05) is 5.02 Å². The van der Waals surface area contributed by atoms with Crippen LogP contribution >= 0.6 is 11.6 Å². The van der Waals surface area contributed by atoms with Crippen molar-refractivity contribution in [3.8, 4) is 5.75 Å². The van der Waals surface area contributed by atoms with Crippen LogP contribution in [0.3, 0.4) is 0 Å². The molecule has 0 atom stereocenters. The van der Waals surface area contributed by atoms with E-state index in [0.29, 0.717) is 22.9 Å². The molecule has 0 spiro atoms. The third-order valence-electron chi connectivity index (χ3n) is 1.72. The minimum Gasteiger partial charge on any atom is -0.496 e. The molecule has 0 aromatic heterocycles. The number of amides is 1. The normalized spacial score (nSPS) is 9.80. The maximum Gasteiger partial charge on any atom is 0.278 e. The number of carbonyl (C=O) groups is 1. The zero-order chi connectivity index (χ0) is 11.3. The minimum atomic E-state index is -0.379. The van der Waals surface area contributed by atoms with Gasteiger partial charge in [0.15, 0.2) is 0 Å². The smallest absolute Gasteiger partial charge is 0.278 e. The Hall–Kier alpha value is -1.26. The molecule has 0 fully saturated rings. The van der Waals surface area contributed by atoms with Crippen molar-refractivity contribution in [3.05, 3.63) is 28.8 Å². The zero-order valence-corrected chi connectivity index (χ0v) is 9.30. The van der Waals surface area contributed by atoms with Crippen molar-refractivity contribution in [1.29, 1.82) is 0 Å². The number of hydroxylamine groups is 1. The molecule has 1 aromatic carbocycles. The molecule has 0 bridgehead atoms. The van der Waals surface area contributed by atoms with E-state index in [-0.39, 0.29) is 5.91 Å². The van der Waals surface area contributed by atoms with Crippen molar-refractivity contribution in [3.63, 3.8) is 0 Å². The SMILES string of the molecule is CCONC(=O)c1cc(Cl)ccc1OC. The van der Waals surface area contributed by atoms with E-state index in [1.165, 1.54) is 13.2 Å². The van der Waals surface area contributed by atoms with Gasteiger partial charge in [0.05, 0.1) is 19.3 Å². The first-order chi connectivity index (χ1) is 7.19. The summed E-state index contributed by atoms with van der Waals surface area (Å²) in [5, 5.41) is 0.470. The highest BCUT2D eigenvalue weighted by atomic mass is 35.5. The van der Waals surface area contributed by atoms with Crippen LogP contribution < -0.4 is 10.2 Å². The van der Waals surface area contributed by atoms with Gasteiger partial charge in [-0.3, -0.25) is 9.63 Å². The van der Waals surface area contributed by atoms with Crippen molar-refractivity contribution in [2.75, 3.05) is 13.7 Å². The van der Waals surface area contributed by atoms with Crippen molar-refractivity contribution in [1.82, 2.24) is 5.48 Å². The van der Waals surface area contributed by atoms with Gasteiger partial charge in [-0.2, -0.15) is 0 Å². The molecule has 82 valence electrons. The number of hydrogen-bond acceptors (Lipinski definition) is 3. The van der Waals surface area contributed by atoms with Gasteiger partial charge in [0.2, 0.25) is 0 Å². The summed E-state index contributed by atoms with van der Waals surface area (Å²) in [6.45, 7) is 2.17. The molecule has 1 aromatic rings. The first-order valence-corrected chi connectivity index (χ1v) is 4.82. The summed E-state index contributed by atoms with van der Waals surface area (Å²) in [4.78, 5) is 16.4. The van der Waals surface area contributed by atoms with E-state index in [1.54, 1.807) is 19.1 Å². The fourth-order valence-electron chi connectivity index (χ4n) is 1.05. The summed E-state index contributed by atoms with van der Waals surface area (Å²) >= 11 is 5.78. The quantitative estimate of drug-likeness (QED) is 0.804. The number of methoxy groups -OCH3 is 1. The van der Waals surface area contributed by atoms with Gasteiger partial charge in [-0.1, -0.05) is 11.6 Å². The van der Waals surface area contributed by atoms with Gasteiger partial charge in [0.1, 0.15) is 5.75 Å².